The molecule has 10 rings (SSSR count). The van der Waals surface area contributed by atoms with Gasteiger partial charge in [-0.2, -0.15) is 0 Å². The average Bonchev–Trinajstić information content (AvgIpc) is 3.49. The standard InChI is InChI=1S/C48H30O/c49-37-24-22-30(23-25-37)33-18-19-35-29-36(21-20-34(35)28-33)38-26-27-43-46-39(38)16-9-17-42(46)47-44(31-10-3-1-4-11-31)40-14-7-8-15-41(40)45(48(43)47)32-12-5-2-6-13-32/h1-29,49H. The van der Waals surface area contributed by atoms with Crippen molar-refractivity contribution in [2.24, 2.45) is 0 Å². The maximum Gasteiger partial charge on any atom is 0.115 e. The van der Waals surface area contributed by atoms with Crippen molar-refractivity contribution in [2.75, 3.05) is 0 Å². The quantitative estimate of drug-likeness (QED) is 0.207. The third-order valence-electron chi connectivity index (χ3n) is 10.3. The zero-order valence-electron chi connectivity index (χ0n) is 26.7. The fourth-order valence-corrected chi connectivity index (χ4v) is 8.11. The molecule has 49 heavy (non-hydrogen) atoms. The zero-order valence-corrected chi connectivity index (χ0v) is 26.7. The van der Waals surface area contributed by atoms with Crippen LogP contribution in [0.4, 0.5) is 0 Å². The van der Waals surface area contributed by atoms with Crippen LogP contribution in [0.15, 0.2) is 176 Å². The molecule has 1 nitrogen and oxygen atoms in total. The van der Waals surface area contributed by atoms with E-state index in [1.54, 1.807) is 12.1 Å². The number of hydrogen-bond donors (Lipinski definition) is 1. The summed E-state index contributed by atoms with van der Waals surface area (Å²) >= 11 is 0. The molecular formula is C48H30O. The number of hydrogen-bond acceptors (Lipinski definition) is 1. The van der Waals surface area contributed by atoms with Gasteiger partial charge in [0.1, 0.15) is 5.75 Å². The first-order chi connectivity index (χ1) is 24.2. The van der Waals surface area contributed by atoms with E-state index in [-0.39, 0.29) is 5.75 Å². The number of phenols is 1. The second kappa shape index (κ2) is 10.8. The van der Waals surface area contributed by atoms with Crippen molar-refractivity contribution in [3.8, 4) is 72.5 Å². The fourth-order valence-electron chi connectivity index (χ4n) is 8.11. The van der Waals surface area contributed by atoms with E-state index in [9.17, 15) is 5.11 Å². The molecule has 0 unspecified atom stereocenters. The van der Waals surface area contributed by atoms with E-state index in [1.807, 2.05) is 12.1 Å². The van der Waals surface area contributed by atoms with E-state index < -0.39 is 0 Å². The van der Waals surface area contributed by atoms with Crippen molar-refractivity contribution in [1.82, 2.24) is 0 Å². The molecule has 1 N–H and O–H groups in total. The van der Waals surface area contributed by atoms with Gasteiger partial charge >= 0.3 is 0 Å². The van der Waals surface area contributed by atoms with Crippen molar-refractivity contribution in [3.63, 3.8) is 0 Å². The molecule has 1 heteroatoms. The highest BCUT2D eigenvalue weighted by Crippen LogP contribution is 2.58. The first-order valence-corrected chi connectivity index (χ1v) is 16.8. The fraction of sp³-hybridized carbons (Fsp3) is 0. The van der Waals surface area contributed by atoms with Crippen LogP contribution in [-0.2, 0) is 0 Å². The molecule has 0 aromatic heterocycles. The minimum atomic E-state index is 0.281. The van der Waals surface area contributed by atoms with Gasteiger partial charge in [0.25, 0.3) is 0 Å². The lowest BCUT2D eigenvalue weighted by molar-refractivity contribution is 0.475. The highest BCUT2D eigenvalue weighted by molar-refractivity contribution is 6.28. The van der Waals surface area contributed by atoms with Crippen LogP contribution in [-0.4, -0.2) is 5.11 Å². The Morgan fingerprint density at radius 2 is 0.776 bits per heavy atom. The highest BCUT2D eigenvalue weighted by atomic mass is 16.3. The molecule has 228 valence electrons. The first kappa shape index (κ1) is 27.7. The van der Waals surface area contributed by atoms with Crippen LogP contribution in [0.3, 0.4) is 0 Å². The molecule has 1 aliphatic rings. The Morgan fingerprint density at radius 3 is 1.41 bits per heavy atom. The molecule has 0 saturated carbocycles. The SMILES string of the molecule is Oc1ccc(-c2ccc3cc(-c4ccc5c6c(cccc46)-c4c-5c(-c5ccccc5)c5ccccc5c4-c4ccccc4)ccc3c2)cc1. The molecule has 0 radical (unpaired) electrons. The van der Waals surface area contributed by atoms with E-state index in [4.69, 9.17) is 0 Å². The summed E-state index contributed by atoms with van der Waals surface area (Å²) in [6.45, 7) is 0. The molecule has 0 atom stereocenters. The van der Waals surface area contributed by atoms with Gasteiger partial charge in [-0.05, 0) is 123 Å². The lowest BCUT2D eigenvalue weighted by atomic mass is 9.82. The van der Waals surface area contributed by atoms with Gasteiger partial charge in [0.2, 0.25) is 0 Å². The van der Waals surface area contributed by atoms with Crippen molar-refractivity contribution >= 4 is 32.3 Å². The molecular weight excluding hydrogens is 593 g/mol. The molecule has 0 amide bonds. The van der Waals surface area contributed by atoms with E-state index >= 15 is 0 Å². The second-order valence-electron chi connectivity index (χ2n) is 13.0. The third-order valence-corrected chi connectivity index (χ3v) is 10.3. The van der Waals surface area contributed by atoms with Crippen molar-refractivity contribution in [2.45, 2.75) is 0 Å². The average molecular weight is 623 g/mol. The number of aromatic hydroxyl groups is 1. The van der Waals surface area contributed by atoms with Crippen LogP contribution >= 0.6 is 0 Å². The number of fused-ring (bicyclic) bond motifs is 5. The Bertz CT molecular complexity index is 2650. The molecule has 0 bridgehead atoms. The first-order valence-electron chi connectivity index (χ1n) is 16.8. The third kappa shape index (κ3) is 4.26. The molecule has 9 aromatic carbocycles. The summed E-state index contributed by atoms with van der Waals surface area (Å²) < 4.78 is 0. The Hall–Kier alpha value is -6.44. The Morgan fingerprint density at radius 1 is 0.286 bits per heavy atom. The number of benzene rings is 9. The number of phenolic OH excluding ortho intramolecular Hbond substituents is 1. The van der Waals surface area contributed by atoms with Crippen molar-refractivity contribution in [1.29, 1.82) is 0 Å². The normalized spacial score (nSPS) is 11.8. The molecule has 0 spiro atoms. The van der Waals surface area contributed by atoms with E-state index in [2.05, 4.69) is 152 Å². The highest BCUT2D eigenvalue weighted by Gasteiger charge is 2.31. The molecule has 0 fully saturated rings. The summed E-state index contributed by atoms with van der Waals surface area (Å²) in [5.41, 5.74) is 15.0. The van der Waals surface area contributed by atoms with Gasteiger partial charge in [-0.3, -0.25) is 0 Å². The van der Waals surface area contributed by atoms with Gasteiger partial charge in [-0.25, -0.2) is 0 Å². The molecule has 0 aliphatic heterocycles. The van der Waals surface area contributed by atoms with E-state index in [0.29, 0.717) is 0 Å². The Labute approximate surface area is 285 Å². The molecule has 0 heterocycles. The summed E-state index contributed by atoms with van der Waals surface area (Å²) in [6.07, 6.45) is 0. The zero-order chi connectivity index (χ0) is 32.5. The smallest absolute Gasteiger partial charge is 0.115 e. The summed E-state index contributed by atoms with van der Waals surface area (Å²) in [5, 5.41) is 17.3. The molecule has 9 aromatic rings. The minimum absolute atomic E-state index is 0.281. The topological polar surface area (TPSA) is 20.2 Å². The Balaban J connectivity index is 1.22. The monoisotopic (exact) mass is 622 g/mol. The molecule has 0 saturated heterocycles. The maximum atomic E-state index is 9.75. The summed E-state index contributed by atoms with van der Waals surface area (Å²) in [4.78, 5) is 0. The van der Waals surface area contributed by atoms with Crippen LogP contribution in [0, 0.1) is 0 Å². The molecule has 1 aliphatic carbocycles. The van der Waals surface area contributed by atoms with Gasteiger partial charge in [-0.1, -0.05) is 152 Å². The Kier molecular flexibility index (Phi) is 6.10. The van der Waals surface area contributed by atoms with Crippen molar-refractivity contribution in [3.05, 3.63) is 176 Å². The lowest BCUT2D eigenvalue weighted by Gasteiger charge is -2.20. The van der Waals surface area contributed by atoms with Gasteiger partial charge in [-0.15, -0.1) is 0 Å². The van der Waals surface area contributed by atoms with Gasteiger partial charge in [0.15, 0.2) is 0 Å². The number of rotatable bonds is 4. The lowest BCUT2D eigenvalue weighted by Crippen LogP contribution is -1.93. The predicted octanol–water partition coefficient (Wildman–Crippen LogP) is 13.2. The van der Waals surface area contributed by atoms with E-state index in [0.717, 1.165) is 11.1 Å². The van der Waals surface area contributed by atoms with Gasteiger partial charge in [0.05, 0.1) is 0 Å². The second-order valence-corrected chi connectivity index (χ2v) is 13.0. The van der Waals surface area contributed by atoms with Crippen LogP contribution in [0.5, 0.6) is 5.75 Å². The summed E-state index contributed by atoms with van der Waals surface area (Å²) in [6, 6.07) is 63.1. The maximum absolute atomic E-state index is 9.75. The van der Waals surface area contributed by atoms with Gasteiger partial charge in [0, 0.05) is 0 Å². The minimum Gasteiger partial charge on any atom is -0.508 e. The summed E-state index contributed by atoms with van der Waals surface area (Å²) in [7, 11) is 0. The van der Waals surface area contributed by atoms with Crippen LogP contribution in [0.25, 0.3) is 99.1 Å². The summed E-state index contributed by atoms with van der Waals surface area (Å²) in [5.74, 6) is 0.281. The van der Waals surface area contributed by atoms with Crippen LogP contribution < -0.4 is 0 Å². The predicted molar refractivity (Wildman–Crippen MR) is 207 cm³/mol. The van der Waals surface area contributed by atoms with E-state index in [1.165, 1.54) is 88.0 Å². The van der Waals surface area contributed by atoms with Gasteiger partial charge < -0.3 is 5.11 Å². The van der Waals surface area contributed by atoms with Crippen LogP contribution in [0.2, 0.25) is 0 Å². The largest absolute Gasteiger partial charge is 0.508 e. The van der Waals surface area contributed by atoms with Crippen molar-refractivity contribution < 1.29 is 5.11 Å². The van der Waals surface area contributed by atoms with Crippen LogP contribution in [0.1, 0.15) is 0 Å².